The predicted octanol–water partition coefficient (Wildman–Crippen LogP) is 7.77. The van der Waals surface area contributed by atoms with Crippen LogP contribution in [-0.4, -0.2) is 65.0 Å². The summed E-state index contributed by atoms with van der Waals surface area (Å²) in [6.45, 7) is 3.74. The van der Waals surface area contributed by atoms with Crippen LogP contribution in [0.15, 0.2) is 132 Å². The first kappa shape index (κ1) is 37.4. The van der Waals surface area contributed by atoms with Gasteiger partial charge in [-0.2, -0.15) is 0 Å². The molecule has 1 fully saturated rings. The molecule has 5 aromatic carbocycles. The summed E-state index contributed by atoms with van der Waals surface area (Å²) in [5, 5.41) is 31.4. The van der Waals surface area contributed by atoms with E-state index in [4.69, 9.17) is 4.74 Å². The van der Waals surface area contributed by atoms with E-state index in [0.29, 0.717) is 29.6 Å². The zero-order valence-corrected chi connectivity index (χ0v) is 30.7. The molecule has 10 nitrogen and oxygen atoms in total. The summed E-state index contributed by atoms with van der Waals surface area (Å²) in [6, 6.07) is 40.9. The van der Waals surface area contributed by atoms with Crippen LogP contribution >= 0.6 is 0 Å². The summed E-state index contributed by atoms with van der Waals surface area (Å²) >= 11 is 0. The van der Waals surface area contributed by atoms with Gasteiger partial charge >= 0.3 is 6.09 Å². The molecule has 1 aromatic heterocycles. The fourth-order valence-corrected chi connectivity index (χ4v) is 7.15. The van der Waals surface area contributed by atoms with Crippen molar-refractivity contribution < 1.29 is 19.7 Å². The summed E-state index contributed by atoms with van der Waals surface area (Å²) in [6.07, 6.45) is 2.04. The summed E-state index contributed by atoms with van der Waals surface area (Å²) in [5.74, 6) is -0.0245. The van der Waals surface area contributed by atoms with Crippen molar-refractivity contribution in [1.82, 2.24) is 15.2 Å². The zero-order valence-electron chi connectivity index (χ0n) is 30.7. The Hall–Kier alpha value is -5.94. The number of likely N-dealkylation sites (tertiary alicyclic amines) is 1. The molecule has 0 radical (unpaired) electrons. The number of nitrogens with one attached hydrogen (secondary N) is 4. The van der Waals surface area contributed by atoms with E-state index < -0.39 is 12.2 Å². The molecule has 0 aliphatic carbocycles. The Bertz CT molecular complexity index is 2250. The summed E-state index contributed by atoms with van der Waals surface area (Å²) in [7, 11) is 0. The molecule has 1 aliphatic rings. The lowest BCUT2D eigenvalue weighted by Crippen LogP contribution is -2.39. The molecule has 6 N–H and O–H groups in total. The van der Waals surface area contributed by atoms with Crippen molar-refractivity contribution >= 4 is 34.1 Å². The molecule has 7 rings (SSSR count). The number of anilines is 3. The van der Waals surface area contributed by atoms with Crippen LogP contribution in [0, 0.1) is 0 Å². The maximum Gasteiger partial charge on any atom is 0.411 e. The van der Waals surface area contributed by atoms with Crippen molar-refractivity contribution in [2.75, 3.05) is 43.4 Å². The van der Waals surface area contributed by atoms with Gasteiger partial charge in [0.1, 0.15) is 11.9 Å². The fraction of sp³-hybridized carbons (Fsp3) is 0.244. The first-order chi connectivity index (χ1) is 26.9. The van der Waals surface area contributed by atoms with Crippen molar-refractivity contribution in [2.45, 2.75) is 37.9 Å². The number of aliphatic hydroxyl groups is 1. The number of aromatic amines is 1. The molecule has 2 heterocycles. The highest BCUT2D eigenvalue weighted by Crippen LogP contribution is 2.30. The first-order valence-corrected chi connectivity index (χ1v) is 18.9. The second kappa shape index (κ2) is 17.9. The summed E-state index contributed by atoms with van der Waals surface area (Å²) < 4.78 is 5.83. The van der Waals surface area contributed by atoms with Crippen molar-refractivity contribution in [1.29, 1.82) is 0 Å². The molecule has 0 saturated carbocycles. The van der Waals surface area contributed by atoms with Gasteiger partial charge in [0.2, 0.25) is 5.56 Å². The molecule has 1 amide bonds. The van der Waals surface area contributed by atoms with Gasteiger partial charge in [-0.15, -0.1) is 0 Å². The third kappa shape index (κ3) is 9.98. The molecule has 0 unspecified atom stereocenters. The number of nitrogens with zero attached hydrogens (tertiary/aromatic N) is 1. The molecule has 1 atom stereocenters. The van der Waals surface area contributed by atoms with Crippen LogP contribution in [-0.2, 0) is 17.6 Å². The average molecular weight is 738 g/mol. The van der Waals surface area contributed by atoms with Crippen LogP contribution < -0.4 is 21.5 Å². The number of aliphatic hydroxyl groups excluding tert-OH is 1. The van der Waals surface area contributed by atoms with E-state index in [2.05, 4.69) is 74.4 Å². The smallest absolute Gasteiger partial charge is 0.411 e. The number of amides is 1. The number of pyridine rings is 1. The number of phenolic OH excluding ortho intramolecular Hbond substituents is 1. The van der Waals surface area contributed by atoms with Gasteiger partial charge in [-0.25, -0.2) is 4.79 Å². The highest BCUT2D eigenvalue weighted by Gasteiger charge is 2.23. The van der Waals surface area contributed by atoms with E-state index in [1.165, 1.54) is 23.3 Å². The van der Waals surface area contributed by atoms with Crippen LogP contribution in [0.4, 0.5) is 21.9 Å². The van der Waals surface area contributed by atoms with E-state index in [1.54, 1.807) is 12.1 Å². The Morgan fingerprint density at radius 1 is 0.818 bits per heavy atom. The van der Waals surface area contributed by atoms with E-state index in [-0.39, 0.29) is 17.4 Å². The minimum atomic E-state index is -0.793. The number of carbonyl (C=O) groups excluding carboxylic acids is 1. The van der Waals surface area contributed by atoms with Crippen LogP contribution in [0.3, 0.4) is 0 Å². The van der Waals surface area contributed by atoms with Crippen molar-refractivity contribution in [2.24, 2.45) is 0 Å². The van der Waals surface area contributed by atoms with Crippen LogP contribution in [0.2, 0.25) is 0 Å². The minimum Gasteiger partial charge on any atom is -0.506 e. The van der Waals surface area contributed by atoms with Crippen molar-refractivity contribution in [3.63, 3.8) is 0 Å². The molecule has 282 valence electrons. The van der Waals surface area contributed by atoms with Crippen LogP contribution in [0.5, 0.6) is 5.75 Å². The summed E-state index contributed by atoms with van der Waals surface area (Å²) in [5.41, 5.74) is 7.91. The molecule has 10 heteroatoms. The number of phenols is 1. The van der Waals surface area contributed by atoms with E-state index in [0.717, 1.165) is 73.5 Å². The molecule has 0 bridgehead atoms. The zero-order chi connectivity index (χ0) is 38.0. The lowest BCUT2D eigenvalue weighted by atomic mass is 10.0. The number of ether oxygens (including phenoxy) is 1. The number of para-hydroxylation sites is 1. The number of fused-ring (bicyclic) bond motifs is 1. The number of aromatic hydroxyl groups is 1. The molecule has 0 spiro atoms. The topological polar surface area (TPSA) is 139 Å². The van der Waals surface area contributed by atoms with Crippen LogP contribution in [0.1, 0.15) is 35.6 Å². The van der Waals surface area contributed by atoms with Gasteiger partial charge in [0, 0.05) is 54.6 Å². The van der Waals surface area contributed by atoms with Gasteiger partial charge in [-0.05, 0) is 96.9 Å². The van der Waals surface area contributed by atoms with Gasteiger partial charge in [0.25, 0.3) is 0 Å². The first-order valence-electron chi connectivity index (χ1n) is 18.9. The number of H-pyrrole nitrogens is 1. The number of rotatable bonds is 14. The van der Waals surface area contributed by atoms with Gasteiger partial charge < -0.3 is 35.5 Å². The van der Waals surface area contributed by atoms with E-state index in [9.17, 15) is 19.8 Å². The largest absolute Gasteiger partial charge is 0.506 e. The number of hydrogen-bond acceptors (Lipinski definition) is 8. The summed E-state index contributed by atoms with van der Waals surface area (Å²) in [4.78, 5) is 29.6. The number of carbonyl (C=O) groups is 1. The van der Waals surface area contributed by atoms with Gasteiger partial charge in [-0.3, -0.25) is 10.1 Å². The Morgan fingerprint density at radius 3 is 2.42 bits per heavy atom. The Morgan fingerprint density at radius 2 is 1.60 bits per heavy atom. The normalized spacial score (nSPS) is 14.1. The maximum atomic E-state index is 12.8. The van der Waals surface area contributed by atoms with Crippen molar-refractivity contribution in [3.05, 3.63) is 154 Å². The molecule has 1 saturated heterocycles. The Labute approximate surface area is 320 Å². The average Bonchev–Trinajstić information content (AvgIpc) is 3.21. The molecular weight excluding hydrogens is 691 g/mol. The number of hydrogen-bond donors (Lipinski definition) is 6. The third-order valence-electron chi connectivity index (χ3n) is 10.1. The minimum absolute atomic E-state index is 0.0245. The highest BCUT2D eigenvalue weighted by atomic mass is 16.6. The van der Waals surface area contributed by atoms with E-state index in [1.807, 2.05) is 54.6 Å². The predicted molar refractivity (Wildman–Crippen MR) is 219 cm³/mol. The number of piperidine rings is 1. The second-order valence-electron chi connectivity index (χ2n) is 14.0. The maximum absolute atomic E-state index is 12.8. The van der Waals surface area contributed by atoms with Crippen molar-refractivity contribution in [3.8, 4) is 16.9 Å². The highest BCUT2D eigenvalue weighted by molar-refractivity contribution is 5.91. The SMILES string of the molecule is O=C(Nc1ccccc1-c1ccccc1)OC1CCN(CCc2cccc(Nc3ccc(CCNC[C@H](O)c4ccc(O)c5[nH]c(=O)ccc45)cc3)c2)CC1. The number of aromatic nitrogens is 1. The fourth-order valence-electron chi connectivity index (χ4n) is 7.15. The Balaban J connectivity index is 0.815. The Kier molecular flexibility index (Phi) is 12.2. The number of benzene rings is 5. The lowest BCUT2D eigenvalue weighted by Gasteiger charge is -2.31. The third-order valence-corrected chi connectivity index (χ3v) is 10.1. The standard InChI is InChI=1S/C45H47N5O5/c51-41-19-17-38(39-18-20-43(53)49-44(39)41)42(52)30-46-25-21-31-13-15-34(16-14-31)47-35-10-6-7-32(29-35)22-26-50-27-23-36(24-28-50)55-45(54)48-40-12-5-4-11-37(40)33-8-2-1-3-9-33/h1-20,29,36,42,46-47,51-52H,21-28,30H2,(H,48,54)(H,49,53)/t42-/m0/s1. The second-order valence-corrected chi connectivity index (χ2v) is 14.0. The quantitative estimate of drug-likeness (QED) is 0.0624. The molecular formula is C45H47N5O5. The monoisotopic (exact) mass is 737 g/mol. The molecule has 1 aliphatic heterocycles. The van der Waals surface area contributed by atoms with Gasteiger partial charge in [0.15, 0.2) is 0 Å². The molecule has 55 heavy (non-hydrogen) atoms. The van der Waals surface area contributed by atoms with Crippen LogP contribution in [0.25, 0.3) is 22.0 Å². The molecule has 6 aromatic rings. The van der Waals surface area contributed by atoms with Gasteiger partial charge in [0.05, 0.1) is 17.3 Å². The lowest BCUT2D eigenvalue weighted by molar-refractivity contribution is 0.0593. The van der Waals surface area contributed by atoms with Gasteiger partial charge in [-0.1, -0.05) is 78.9 Å². The van der Waals surface area contributed by atoms with E-state index >= 15 is 0 Å².